The van der Waals surface area contributed by atoms with E-state index in [1.165, 1.54) is 21.7 Å². The van der Waals surface area contributed by atoms with E-state index in [4.69, 9.17) is 11.6 Å². The van der Waals surface area contributed by atoms with Gasteiger partial charge in [0.1, 0.15) is 0 Å². The van der Waals surface area contributed by atoms with E-state index in [0.717, 1.165) is 17.9 Å². The standard InChI is InChI=1S/C16H16ClNS/c1-19-16-4-2-3-14(10-16)18-15-8-11-5-6-13(17)7-12(11)9-15/h2-7,10,15,18H,8-9H2,1H3. The molecule has 3 heteroatoms. The molecule has 3 rings (SSSR count). The van der Waals surface area contributed by atoms with Crippen LogP contribution in [0.15, 0.2) is 47.4 Å². The van der Waals surface area contributed by atoms with Gasteiger partial charge in [-0.25, -0.2) is 0 Å². The number of thioether (sulfide) groups is 1. The van der Waals surface area contributed by atoms with E-state index in [2.05, 4.69) is 48.0 Å². The van der Waals surface area contributed by atoms with E-state index >= 15 is 0 Å². The number of halogens is 1. The van der Waals surface area contributed by atoms with Crippen molar-refractivity contribution in [1.82, 2.24) is 0 Å². The molecule has 0 aliphatic heterocycles. The molecule has 98 valence electrons. The maximum Gasteiger partial charge on any atom is 0.0408 e. The Morgan fingerprint density at radius 2 is 1.95 bits per heavy atom. The molecule has 2 aromatic carbocycles. The summed E-state index contributed by atoms with van der Waals surface area (Å²) < 4.78 is 0. The molecule has 0 bridgehead atoms. The van der Waals surface area contributed by atoms with Gasteiger partial charge in [-0.05, 0) is 60.6 Å². The molecule has 0 amide bonds. The van der Waals surface area contributed by atoms with Crippen molar-refractivity contribution in [1.29, 1.82) is 0 Å². The quantitative estimate of drug-likeness (QED) is 0.826. The van der Waals surface area contributed by atoms with Crippen LogP contribution >= 0.6 is 23.4 Å². The van der Waals surface area contributed by atoms with Crippen molar-refractivity contribution in [3.05, 3.63) is 58.6 Å². The third-order valence-corrected chi connectivity index (χ3v) is 4.50. The van der Waals surface area contributed by atoms with Crippen molar-refractivity contribution in [2.45, 2.75) is 23.8 Å². The number of nitrogens with one attached hydrogen (secondary N) is 1. The zero-order valence-electron chi connectivity index (χ0n) is 10.8. The molecule has 1 aliphatic carbocycles. The molecule has 1 aliphatic rings. The van der Waals surface area contributed by atoms with Crippen molar-refractivity contribution in [2.75, 3.05) is 11.6 Å². The first kappa shape index (κ1) is 12.9. The van der Waals surface area contributed by atoms with Crippen molar-refractivity contribution in [3.8, 4) is 0 Å². The molecular formula is C16H16ClNS. The molecule has 1 N–H and O–H groups in total. The zero-order valence-corrected chi connectivity index (χ0v) is 12.4. The molecule has 0 heterocycles. The van der Waals surface area contributed by atoms with E-state index in [0.29, 0.717) is 6.04 Å². The Morgan fingerprint density at radius 3 is 2.79 bits per heavy atom. The lowest BCUT2D eigenvalue weighted by Crippen LogP contribution is -2.19. The maximum absolute atomic E-state index is 6.05. The molecule has 0 saturated carbocycles. The first-order chi connectivity index (χ1) is 9.24. The van der Waals surface area contributed by atoms with Gasteiger partial charge in [0.05, 0.1) is 0 Å². The lowest BCUT2D eigenvalue weighted by Gasteiger charge is -2.14. The van der Waals surface area contributed by atoms with Gasteiger partial charge in [0.15, 0.2) is 0 Å². The Hall–Kier alpha value is -1.12. The fourth-order valence-electron chi connectivity index (χ4n) is 2.64. The van der Waals surface area contributed by atoms with Crippen LogP contribution < -0.4 is 5.32 Å². The highest BCUT2D eigenvalue weighted by molar-refractivity contribution is 7.98. The zero-order chi connectivity index (χ0) is 13.2. The number of hydrogen-bond donors (Lipinski definition) is 1. The number of benzene rings is 2. The van der Waals surface area contributed by atoms with Crippen molar-refractivity contribution < 1.29 is 0 Å². The third kappa shape index (κ3) is 2.90. The average Bonchev–Trinajstić information content (AvgIpc) is 2.80. The minimum Gasteiger partial charge on any atom is -0.382 e. The molecule has 0 fully saturated rings. The summed E-state index contributed by atoms with van der Waals surface area (Å²) in [6.45, 7) is 0. The molecule has 1 unspecified atom stereocenters. The predicted molar refractivity (Wildman–Crippen MR) is 84.5 cm³/mol. The second kappa shape index (κ2) is 5.48. The minimum atomic E-state index is 0.477. The molecule has 0 radical (unpaired) electrons. The summed E-state index contributed by atoms with van der Waals surface area (Å²) in [7, 11) is 0. The Bertz CT molecular complexity index is 597. The molecule has 19 heavy (non-hydrogen) atoms. The fourth-order valence-corrected chi connectivity index (χ4v) is 3.29. The summed E-state index contributed by atoms with van der Waals surface area (Å²) in [6.07, 6.45) is 4.24. The van der Waals surface area contributed by atoms with Gasteiger partial charge in [-0.2, -0.15) is 0 Å². The largest absolute Gasteiger partial charge is 0.382 e. The topological polar surface area (TPSA) is 12.0 Å². The maximum atomic E-state index is 6.05. The van der Waals surface area contributed by atoms with Crippen LogP contribution in [0.25, 0.3) is 0 Å². The third-order valence-electron chi connectivity index (χ3n) is 3.54. The van der Waals surface area contributed by atoms with Crippen molar-refractivity contribution in [2.24, 2.45) is 0 Å². The van der Waals surface area contributed by atoms with E-state index in [9.17, 15) is 0 Å². The second-order valence-electron chi connectivity index (χ2n) is 4.89. The molecule has 0 spiro atoms. The summed E-state index contributed by atoms with van der Waals surface area (Å²) in [4.78, 5) is 1.29. The normalized spacial score (nSPS) is 17.3. The number of rotatable bonds is 3. The molecule has 2 aromatic rings. The van der Waals surface area contributed by atoms with Crippen LogP contribution in [0.1, 0.15) is 11.1 Å². The van der Waals surface area contributed by atoms with Crippen LogP contribution in [0.5, 0.6) is 0 Å². The predicted octanol–water partition coefficient (Wildman–Crippen LogP) is 4.64. The van der Waals surface area contributed by atoms with Crippen LogP contribution in [-0.4, -0.2) is 12.3 Å². The SMILES string of the molecule is CSc1cccc(NC2Cc3ccc(Cl)cc3C2)c1. The lowest BCUT2D eigenvalue weighted by atomic mass is 10.1. The van der Waals surface area contributed by atoms with Gasteiger partial charge in [-0.3, -0.25) is 0 Å². The van der Waals surface area contributed by atoms with Crippen molar-refractivity contribution in [3.63, 3.8) is 0 Å². The van der Waals surface area contributed by atoms with Gasteiger partial charge < -0.3 is 5.32 Å². The Balaban J connectivity index is 1.73. The fraction of sp³-hybridized carbons (Fsp3) is 0.250. The van der Waals surface area contributed by atoms with E-state index in [1.54, 1.807) is 11.8 Å². The van der Waals surface area contributed by atoms with Crippen LogP contribution in [0, 0.1) is 0 Å². The summed E-state index contributed by atoms with van der Waals surface area (Å²) in [6, 6.07) is 15.3. The van der Waals surface area contributed by atoms with Gasteiger partial charge in [-0.15, -0.1) is 11.8 Å². The molecule has 1 nitrogen and oxygen atoms in total. The van der Waals surface area contributed by atoms with Crippen LogP contribution in [0.4, 0.5) is 5.69 Å². The van der Waals surface area contributed by atoms with E-state index < -0.39 is 0 Å². The van der Waals surface area contributed by atoms with Crippen molar-refractivity contribution >= 4 is 29.1 Å². The highest BCUT2D eigenvalue weighted by Gasteiger charge is 2.21. The molecule has 0 saturated heterocycles. The minimum absolute atomic E-state index is 0.477. The molecule has 1 atom stereocenters. The monoisotopic (exact) mass is 289 g/mol. The van der Waals surface area contributed by atoms with Gasteiger partial charge in [0.2, 0.25) is 0 Å². The average molecular weight is 290 g/mol. The summed E-state index contributed by atoms with van der Waals surface area (Å²) in [5.41, 5.74) is 4.00. The van der Waals surface area contributed by atoms with Gasteiger partial charge in [0.25, 0.3) is 0 Å². The van der Waals surface area contributed by atoms with Crippen LogP contribution in [0.3, 0.4) is 0 Å². The Labute approximate surface area is 123 Å². The molecule has 0 aromatic heterocycles. The van der Waals surface area contributed by atoms with Gasteiger partial charge in [0, 0.05) is 21.6 Å². The van der Waals surface area contributed by atoms with E-state index in [1.807, 2.05) is 6.07 Å². The summed E-state index contributed by atoms with van der Waals surface area (Å²) in [5, 5.41) is 4.46. The van der Waals surface area contributed by atoms with Crippen LogP contribution in [0.2, 0.25) is 5.02 Å². The first-order valence-corrected chi connectivity index (χ1v) is 8.03. The molecular weight excluding hydrogens is 274 g/mol. The summed E-state index contributed by atoms with van der Waals surface area (Å²) >= 11 is 7.82. The first-order valence-electron chi connectivity index (χ1n) is 6.42. The van der Waals surface area contributed by atoms with Gasteiger partial charge in [-0.1, -0.05) is 23.7 Å². The van der Waals surface area contributed by atoms with Crippen LogP contribution in [-0.2, 0) is 12.8 Å². The van der Waals surface area contributed by atoms with Gasteiger partial charge >= 0.3 is 0 Å². The number of anilines is 1. The smallest absolute Gasteiger partial charge is 0.0408 e. The summed E-state index contributed by atoms with van der Waals surface area (Å²) in [5.74, 6) is 0. The number of hydrogen-bond acceptors (Lipinski definition) is 2. The number of fused-ring (bicyclic) bond motifs is 1. The van der Waals surface area contributed by atoms with E-state index in [-0.39, 0.29) is 0 Å². The Morgan fingerprint density at radius 1 is 1.11 bits per heavy atom. The highest BCUT2D eigenvalue weighted by Crippen LogP contribution is 2.28. The highest BCUT2D eigenvalue weighted by atomic mass is 35.5. The lowest BCUT2D eigenvalue weighted by molar-refractivity contribution is 0.774. The second-order valence-corrected chi connectivity index (χ2v) is 6.21. The Kier molecular flexibility index (Phi) is 3.72.